The molecular weight excluding hydrogens is 234 g/mol. The van der Waals surface area contributed by atoms with E-state index >= 15 is 0 Å². The summed E-state index contributed by atoms with van der Waals surface area (Å²) in [6.07, 6.45) is 6.99. The molecule has 0 aromatic carbocycles. The molecule has 2 aliphatic rings. The van der Waals surface area contributed by atoms with Gasteiger partial charge >= 0.3 is 0 Å². The van der Waals surface area contributed by atoms with Crippen molar-refractivity contribution < 1.29 is 0 Å². The highest BCUT2D eigenvalue weighted by Gasteiger charge is 2.40. The second kappa shape index (κ2) is 5.22. The normalized spacial score (nSPS) is 30.8. The van der Waals surface area contributed by atoms with Gasteiger partial charge in [0, 0.05) is 17.4 Å². The molecule has 3 rings (SSSR count). The summed E-state index contributed by atoms with van der Waals surface area (Å²) in [4.78, 5) is 4.45. The van der Waals surface area contributed by atoms with E-state index in [-0.39, 0.29) is 6.04 Å². The highest BCUT2D eigenvalue weighted by Crippen LogP contribution is 2.50. The van der Waals surface area contributed by atoms with Gasteiger partial charge in [-0.3, -0.25) is 16.3 Å². The van der Waals surface area contributed by atoms with Gasteiger partial charge in [-0.15, -0.1) is 0 Å². The predicted octanol–water partition coefficient (Wildman–Crippen LogP) is 3.03. The fourth-order valence-corrected chi connectivity index (χ4v) is 4.34. The van der Waals surface area contributed by atoms with Crippen LogP contribution in [0.1, 0.15) is 55.1 Å². The van der Waals surface area contributed by atoms with Gasteiger partial charge in [-0.2, -0.15) is 0 Å². The molecule has 3 N–H and O–H groups in total. The summed E-state index contributed by atoms with van der Waals surface area (Å²) in [7, 11) is 0. The molecule has 19 heavy (non-hydrogen) atoms. The van der Waals surface area contributed by atoms with Gasteiger partial charge in [0.05, 0.1) is 0 Å². The van der Waals surface area contributed by atoms with Gasteiger partial charge in [0.2, 0.25) is 0 Å². The number of rotatable bonds is 4. The molecule has 4 atom stereocenters. The third kappa shape index (κ3) is 2.67. The number of hydrogen-bond acceptors (Lipinski definition) is 3. The van der Waals surface area contributed by atoms with Gasteiger partial charge in [0.15, 0.2) is 0 Å². The van der Waals surface area contributed by atoms with E-state index in [9.17, 15) is 0 Å². The number of nitrogens with zero attached hydrogens (tertiary/aromatic N) is 1. The minimum absolute atomic E-state index is 0.282. The Morgan fingerprint density at radius 1 is 1.26 bits per heavy atom. The van der Waals surface area contributed by atoms with Crippen LogP contribution in [0.2, 0.25) is 0 Å². The van der Waals surface area contributed by atoms with Crippen molar-refractivity contribution in [2.24, 2.45) is 23.6 Å². The molecule has 104 valence electrons. The molecule has 0 aliphatic heterocycles. The van der Waals surface area contributed by atoms with Crippen molar-refractivity contribution in [3.8, 4) is 0 Å². The summed E-state index contributed by atoms with van der Waals surface area (Å²) in [5.74, 6) is 8.65. The molecule has 4 unspecified atom stereocenters. The zero-order valence-corrected chi connectivity index (χ0v) is 12.0. The third-order valence-electron chi connectivity index (χ3n) is 5.13. The van der Waals surface area contributed by atoms with E-state index in [4.69, 9.17) is 5.84 Å². The summed E-state index contributed by atoms with van der Waals surface area (Å²) < 4.78 is 0. The van der Waals surface area contributed by atoms with Crippen LogP contribution in [0.15, 0.2) is 12.1 Å². The van der Waals surface area contributed by atoms with Crippen LogP contribution in [0.5, 0.6) is 0 Å². The maximum absolute atomic E-state index is 5.81. The Hall–Kier alpha value is -0.930. The topological polar surface area (TPSA) is 50.9 Å². The van der Waals surface area contributed by atoms with Crippen LogP contribution < -0.4 is 11.3 Å². The molecule has 2 aliphatic carbocycles. The Morgan fingerprint density at radius 2 is 2.00 bits per heavy atom. The lowest BCUT2D eigenvalue weighted by Crippen LogP contribution is -2.31. The predicted molar refractivity (Wildman–Crippen MR) is 77.3 cm³/mol. The lowest BCUT2D eigenvalue weighted by atomic mass is 9.83. The van der Waals surface area contributed by atoms with E-state index in [2.05, 4.69) is 36.4 Å². The Bertz CT molecular complexity index is 437. The molecule has 3 heteroatoms. The quantitative estimate of drug-likeness (QED) is 0.645. The second-order valence-corrected chi connectivity index (χ2v) is 6.57. The number of nitrogens with two attached hydrogens (primary N) is 1. The molecule has 3 nitrogen and oxygen atoms in total. The minimum atomic E-state index is 0.282. The number of hydrazine groups is 1. The molecule has 0 saturated heterocycles. The number of aryl methyl sites for hydroxylation is 2. The van der Waals surface area contributed by atoms with Gasteiger partial charge in [-0.25, -0.2) is 0 Å². The summed E-state index contributed by atoms with van der Waals surface area (Å²) in [5.41, 5.74) is 6.51. The molecular formula is C16H25N3. The largest absolute Gasteiger partial charge is 0.271 e. The first-order valence-corrected chi connectivity index (χ1v) is 7.57. The van der Waals surface area contributed by atoms with Crippen molar-refractivity contribution in [3.63, 3.8) is 0 Å². The Labute approximate surface area is 116 Å². The van der Waals surface area contributed by atoms with Crippen LogP contribution in [-0.2, 0) is 0 Å². The molecule has 1 aromatic heterocycles. The van der Waals surface area contributed by atoms with Crippen LogP contribution in [0.4, 0.5) is 0 Å². The summed E-state index contributed by atoms with van der Waals surface area (Å²) in [6.45, 7) is 4.11. The van der Waals surface area contributed by atoms with Gasteiger partial charge in [0.1, 0.15) is 0 Å². The second-order valence-electron chi connectivity index (χ2n) is 6.57. The molecule has 2 bridgehead atoms. The van der Waals surface area contributed by atoms with E-state index in [0.717, 1.165) is 29.1 Å². The van der Waals surface area contributed by atoms with E-state index in [1.165, 1.54) is 37.7 Å². The number of pyridine rings is 1. The zero-order valence-electron chi connectivity index (χ0n) is 12.0. The molecule has 0 amide bonds. The first-order valence-electron chi connectivity index (χ1n) is 7.57. The third-order valence-corrected chi connectivity index (χ3v) is 5.13. The first kappa shape index (κ1) is 13.1. The maximum atomic E-state index is 5.81. The monoisotopic (exact) mass is 259 g/mol. The lowest BCUT2D eigenvalue weighted by molar-refractivity contribution is 0.280. The molecule has 2 fully saturated rings. The number of hydrogen-bond donors (Lipinski definition) is 2. The lowest BCUT2D eigenvalue weighted by Gasteiger charge is -2.27. The van der Waals surface area contributed by atoms with Crippen molar-refractivity contribution in [2.75, 3.05) is 0 Å². The van der Waals surface area contributed by atoms with Crippen LogP contribution in [0.3, 0.4) is 0 Å². The first-order chi connectivity index (χ1) is 9.15. The maximum Gasteiger partial charge on any atom is 0.0464 e. The Balaban J connectivity index is 1.73. The summed E-state index contributed by atoms with van der Waals surface area (Å²) >= 11 is 0. The van der Waals surface area contributed by atoms with Crippen molar-refractivity contribution in [2.45, 2.75) is 52.0 Å². The zero-order chi connectivity index (χ0) is 13.4. The Morgan fingerprint density at radius 3 is 2.53 bits per heavy atom. The average Bonchev–Trinajstić information content (AvgIpc) is 2.96. The highest BCUT2D eigenvalue weighted by atomic mass is 15.2. The summed E-state index contributed by atoms with van der Waals surface area (Å²) in [5, 5.41) is 0. The Kier molecular flexibility index (Phi) is 3.59. The number of nitrogens with one attached hydrogen (secondary N) is 1. The van der Waals surface area contributed by atoms with Gasteiger partial charge in [0.25, 0.3) is 0 Å². The standard InChI is InChI=1S/C16H25N3/c1-10-5-15(6-11(2)18-10)16(19-17)9-14-8-12-3-4-13(14)7-12/h5-6,12-14,16,19H,3-4,7-9,17H2,1-2H3. The smallest absolute Gasteiger partial charge is 0.0464 e. The van der Waals surface area contributed by atoms with Crippen LogP contribution in [0, 0.1) is 31.6 Å². The van der Waals surface area contributed by atoms with E-state index < -0.39 is 0 Å². The fraction of sp³-hybridized carbons (Fsp3) is 0.688. The van der Waals surface area contributed by atoms with E-state index in [1.807, 2.05) is 0 Å². The average molecular weight is 259 g/mol. The highest BCUT2D eigenvalue weighted by molar-refractivity contribution is 5.23. The molecule has 0 radical (unpaired) electrons. The minimum Gasteiger partial charge on any atom is -0.271 e. The van der Waals surface area contributed by atoms with Crippen molar-refractivity contribution >= 4 is 0 Å². The van der Waals surface area contributed by atoms with E-state index in [1.54, 1.807) is 0 Å². The number of aromatic nitrogens is 1. The van der Waals surface area contributed by atoms with Crippen LogP contribution in [0.25, 0.3) is 0 Å². The van der Waals surface area contributed by atoms with Gasteiger partial charge < -0.3 is 0 Å². The molecule has 0 spiro atoms. The SMILES string of the molecule is Cc1cc(C(CC2CC3CCC2C3)NN)cc(C)n1. The van der Waals surface area contributed by atoms with Crippen molar-refractivity contribution in [1.82, 2.24) is 10.4 Å². The van der Waals surface area contributed by atoms with Crippen LogP contribution in [-0.4, -0.2) is 4.98 Å². The summed E-state index contributed by atoms with van der Waals surface area (Å²) in [6, 6.07) is 4.62. The molecule has 1 aromatic rings. The number of fused-ring (bicyclic) bond motifs is 2. The van der Waals surface area contributed by atoms with Crippen molar-refractivity contribution in [3.05, 3.63) is 29.1 Å². The van der Waals surface area contributed by atoms with Gasteiger partial charge in [-0.05, 0) is 75.0 Å². The molecule has 2 saturated carbocycles. The molecule has 1 heterocycles. The van der Waals surface area contributed by atoms with Gasteiger partial charge in [-0.1, -0.05) is 6.42 Å². The van der Waals surface area contributed by atoms with Crippen LogP contribution >= 0.6 is 0 Å². The van der Waals surface area contributed by atoms with Crippen molar-refractivity contribution in [1.29, 1.82) is 0 Å². The van der Waals surface area contributed by atoms with E-state index in [0.29, 0.717) is 0 Å². The fourth-order valence-electron chi connectivity index (χ4n) is 4.34.